The summed E-state index contributed by atoms with van der Waals surface area (Å²) in [6.45, 7) is 0. The average molecular weight is 453 g/mol. The summed E-state index contributed by atoms with van der Waals surface area (Å²) < 4.78 is 77.5. The molecule has 1 aliphatic carbocycles. The maximum Gasteiger partial charge on any atom is 0.266 e. The zero-order chi connectivity index (χ0) is 22.2. The first-order chi connectivity index (χ1) is 14.7. The molecule has 0 radical (unpaired) electrons. The van der Waals surface area contributed by atoms with E-state index in [1.165, 1.54) is 12.3 Å². The second kappa shape index (κ2) is 8.17. The molecule has 0 saturated heterocycles. The van der Waals surface area contributed by atoms with Crippen LogP contribution in [0.2, 0.25) is 0 Å². The smallest absolute Gasteiger partial charge is 0.266 e. The molecule has 1 aliphatic rings. The van der Waals surface area contributed by atoms with E-state index < -0.39 is 50.5 Å². The fraction of sp³-hybridized carbons (Fsp3) is 0.316. The van der Waals surface area contributed by atoms with Crippen LogP contribution in [0.3, 0.4) is 0 Å². The summed E-state index contributed by atoms with van der Waals surface area (Å²) in [7, 11) is -2.76. The summed E-state index contributed by atoms with van der Waals surface area (Å²) in [4.78, 5) is 6.43. The Morgan fingerprint density at radius 2 is 1.97 bits per heavy atom. The van der Waals surface area contributed by atoms with E-state index in [0.717, 1.165) is 6.33 Å². The van der Waals surface area contributed by atoms with E-state index in [9.17, 15) is 21.6 Å². The van der Waals surface area contributed by atoms with Crippen molar-refractivity contribution < 1.29 is 26.3 Å². The number of ether oxygens (including phenoxy) is 1. The van der Waals surface area contributed by atoms with Gasteiger partial charge in [0.15, 0.2) is 11.6 Å². The molecule has 1 N–H and O–H groups in total. The minimum absolute atomic E-state index is 0.00771. The number of anilines is 1. The van der Waals surface area contributed by atoms with Crippen LogP contribution in [0.25, 0.3) is 0 Å². The van der Waals surface area contributed by atoms with Crippen molar-refractivity contribution >= 4 is 15.8 Å². The Bertz CT molecular complexity index is 1190. The minimum atomic E-state index is -4.45. The van der Waals surface area contributed by atoms with Crippen LogP contribution in [0.15, 0.2) is 47.9 Å². The van der Waals surface area contributed by atoms with Crippen LogP contribution in [0, 0.1) is 11.6 Å². The first-order valence-corrected chi connectivity index (χ1v) is 10.8. The predicted molar refractivity (Wildman–Crippen MR) is 104 cm³/mol. The number of aromatic nitrogens is 4. The third-order valence-electron chi connectivity index (χ3n) is 5.06. The third kappa shape index (κ3) is 4.33. The van der Waals surface area contributed by atoms with Gasteiger partial charge in [0.25, 0.3) is 10.0 Å². The van der Waals surface area contributed by atoms with Gasteiger partial charge in [0, 0.05) is 49.6 Å². The average Bonchev–Trinajstić information content (AvgIpc) is 3.29. The number of sulfonamides is 1. The van der Waals surface area contributed by atoms with E-state index >= 15 is 0 Å². The first-order valence-electron chi connectivity index (χ1n) is 9.31. The van der Waals surface area contributed by atoms with Gasteiger partial charge in [-0.2, -0.15) is 5.10 Å². The van der Waals surface area contributed by atoms with Crippen LogP contribution in [-0.2, 0) is 17.1 Å². The number of halogens is 3. The van der Waals surface area contributed by atoms with Crippen molar-refractivity contribution in [2.75, 3.05) is 4.72 Å². The summed E-state index contributed by atoms with van der Waals surface area (Å²) in [6.07, 6.45) is 2.16. The Balaban J connectivity index is 1.59. The van der Waals surface area contributed by atoms with E-state index in [1.54, 1.807) is 24.0 Å². The molecule has 0 amide bonds. The lowest BCUT2D eigenvalue weighted by Gasteiger charge is -2.21. The number of benzene rings is 1. The molecule has 3 aromatic rings. The van der Waals surface area contributed by atoms with Gasteiger partial charge in [-0.25, -0.2) is 31.6 Å². The summed E-state index contributed by atoms with van der Waals surface area (Å²) >= 11 is 0. The van der Waals surface area contributed by atoms with Crippen LogP contribution < -0.4 is 9.46 Å². The fourth-order valence-electron chi connectivity index (χ4n) is 3.64. The molecule has 0 spiro atoms. The van der Waals surface area contributed by atoms with Crippen molar-refractivity contribution in [2.24, 2.45) is 7.05 Å². The number of nitrogens with one attached hydrogen (secondary N) is 1. The van der Waals surface area contributed by atoms with Gasteiger partial charge in [0.2, 0.25) is 0 Å². The lowest BCUT2D eigenvalue weighted by molar-refractivity contribution is 0.171. The zero-order valence-corrected chi connectivity index (χ0v) is 17.1. The van der Waals surface area contributed by atoms with Crippen LogP contribution in [0.4, 0.5) is 19.0 Å². The lowest BCUT2D eigenvalue weighted by atomic mass is 10.0. The number of hydrogen-bond donors (Lipinski definition) is 1. The summed E-state index contributed by atoms with van der Waals surface area (Å²) in [5, 5.41) is 4.05. The molecule has 4 rings (SSSR count). The monoisotopic (exact) mass is 453 g/mol. The van der Waals surface area contributed by atoms with E-state index in [1.807, 2.05) is 4.72 Å². The molecule has 31 heavy (non-hydrogen) atoms. The van der Waals surface area contributed by atoms with Crippen LogP contribution in [0.1, 0.15) is 24.5 Å². The van der Waals surface area contributed by atoms with Crippen molar-refractivity contribution in [3.05, 3.63) is 60.3 Å². The topological polar surface area (TPSA) is 99.0 Å². The molecule has 0 aliphatic heterocycles. The Morgan fingerprint density at radius 3 is 2.65 bits per heavy atom. The number of rotatable bonds is 6. The number of hydrogen-bond acceptors (Lipinski definition) is 6. The van der Waals surface area contributed by atoms with Gasteiger partial charge < -0.3 is 4.74 Å². The highest BCUT2D eigenvalue weighted by Crippen LogP contribution is 2.39. The maximum atomic E-state index is 14.7. The highest BCUT2D eigenvalue weighted by Gasteiger charge is 2.39. The van der Waals surface area contributed by atoms with Gasteiger partial charge in [0.1, 0.15) is 35.1 Å². The highest BCUT2D eigenvalue weighted by atomic mass is 32.2. The van der Waals surface area contributed by atoms with E-state index in [0.29, 0.717) is 17.8 Å². The molecule has 164 valence electrons. The summed E-state index contributed by atoms with van der Waals surface area (Å²) in [6, 6.07) is 4.14. The standard InChI is InChI=1S/C19H18F3N5O3S/c1-27-15(2-5-25-27)12-6-11(20)7-16(12)30-17-8-14(22)18(9-13(17)21)31(28,29)26-19-3-4-23-10-24-19/h2-5,8-12,16H,6-7H2,1H3,(H,23,24,26)/t11-,12-,16+/m1/s1. The summed E-state index contributed by atoms with van der Waals surface area (Å²) in [5.41, 5.74) is 0.708. The van der Waals surface area contributed by atoms with Crippen LogP contribution in [-0.4, -0.2) is 40.4 Å². The van der Waals surface area contributed by atoms with Crippen molar-refractivity contribution in [3.8, 4) is 5.75 Å². The molecule has 2 heterocycles. The fourth-order valence-corrected chi connectivity index (χ4v) is 4.72. The van der Waals surface area contributed by atoms with E-state index in [-0.39, 0.29) is 18.7 Å². The number of alkyl halides is 1. The Morgan fingerprint density at radius 1 is 1.16 bits per heavy atom. The van der Waals surface area contributed by atoms with Crippen molar-refractivity contribution in [2.45, 2.75) is 35.9 Å². The normalized spacial score (nSPS) is 21.2. The summed E-state index contributed by atoms with van der Waals surface area (Å²) in [5.74, 6) is -3.31. The van der Waals surface area contributed by atoms with Crippen molar-refractivity contribution in [3.63, 3.8) is 0 Å². The zero-order valence-electron chi connectivity index (χ0n) is 16.2. The molecule has 3 atom stereocenters. The Kier molecular flexibility index (Phi) is 5.56. The Hall–Kier alpha value is -3.15. The SMILES string of the molecule is Cn1nccc1[C@H]1C[C@@H](F)C[C@@H]1Oc1cc(F)c(S(=O)(=O)Nc2ccncn2)cc1F. The Labute approximate surface area is 176 Å². The second-order valence-electron chi connectivity index (χ2n) is 7.12. The van der Waals surface area contributed by atoms with E-state index in [4.69, 9.17) is 4.74 Å². The minimum Gasteiger partial charge on any atom is -0.486 e. The van der Waals surface area contributed by atoms with Crippen LogP contribution in [0.5, 0.6) is 5.75 Å². The van der Waals surface area contributed by atoms with Gasteiger partial charge in [-0.1, -0.05) is 0 Å². The molecule has 12 heteroatoms. The molecular weight excluding hydrogens is 435 g/mol. The molecule has 1 aromatic carbocycles. The first kappa shape index (κ1) is 21.1. The molecule has 8 nitrogen and oxygen atoms in total. The molecule has 1 saturated carbocycles. The van der Waals surface area contributed by atoms with Crippen molar-refractivity contribution in [1.82, 2.24) is 19.7 Å². The van der Waals surface area contributed by atoms with Gasteiger partial charge in [-0.3, -0.25) is 9.40 Å². The molecular formula is C19H18F3N5O3S. The van der Waals surface area contributed by atoms with Gasteiger partial charge in [0.05, 0.1) is 0 Å². The third-order valence-corrected chi connectivity index (χ3v) is 6.43. The predicted octanol–water partition coefficient (Wildman–Crippen LogP) is 2.95. The van der Waals surface area contributed by atoms with Gasteiger partial charge in [-0.05, 0) is 18.6 Å². The highest BCUT2D eigenvalue weighted by molar-refractivity contribution is 7.92. The van der Waals surface area contributed by atoms with E-state index in [2.05, 4.69) is 15.1 Å². The molecule has 2 aromatic heterocycles. The van der Waals surface area contributed by atoms with Gasteiger partial charge >= 0.3 is 0 Å². The molecule has 0 bridgehead atoms. The quantitative estimate of drug-likeness (QED) is 0.616. The lowest BCUT2D eigenvalue weighted by Crippen LogP contribution is -2.23. The van der Waals surface area contributed by atoms with Crippen LogP contribution >= 0.6 is 0 Å². The maximum absolute atomic E-state index is 14.7. The van der Waals surface area contributed by atoms with Crippen molar-refractivity contribution in [1.29, 1.82) is 0 Å². The second-order valence-corrected chi connectivity index (χ2v) is 8.78. The van der Waals surface area contributed by atoms with Gasteiger partial charge in [-0.15, -0.1) is 0 Å². The molecule has 1 fully saturated rings. The number of aryl methyl sites for hydroxylation is 1. The number of nitrogens with zero attached hydrogens (tertiary/aromatic N) is 4. The largest absolute Gasteiger partial charge is 0.486 e. The molecule has 0 unspecified atom stereocenters.